The lowest BCUT2D eigenvalue weighted by molar-refractivity contribution is -0.138. The lowest BCUT2D eigenvalue weighted by Gasteiger charge is -2.30. The Labute approximate surface area is 352 Å². The predicted octanol–water partition coefficient (Wildman–Crippen LogP) is 7.03. The molecule has 0 aromatic heterocycles. The monoisotopic (exact) mass is 843 g/mol. The first-order chi connectivity index (χ1) is 28.5. The van der Waals surface area contributed by atoms with Gasteiger partial charge in [0.05, 0.1) is 36.0 Å². The van der Waals surface area contributed by atoms with Gasteiger partial charge in [0.15, 0.2) is 5.11 Å². The first-order valence-corrected chi connectivity index (χ1v) is 20.7. The Bertz CT molecular complexity index is 2260. The molecule has 4 fully saturated rings. The Balaban J connectivity index is 0.945. The molecular weight excluding hydrogens is 796 g/mol. The lowest BCUT2D eigenvalue weighted by atomic mass is 9.95. The largest absolute Gasteiger partial charge is 0.493 e. The zero-order chi connectivity index (χ0) is 43.1. The minimum absolute atomic E-state index is 0.0280. The second-order valence-corrected chi connectivity index (χ2v) is 16.9. The Morgan fingerprint density at radius 2 is 1.78 bits per heavy atom. The van der Waals surface area contributed by atoms with E-state index in [-0.39, 0.29) is 47.5 Å². The molecule has 0 radical (unpaired) electrons. The molecule has 316 valence electrons. The molecule has 1 saturated carbocycles. The molecule has 4 amide bonds. The molecule has 3 aromatic carbocycles. The summed E-state index contributed by atoms with van der Waals surface area (Å²) in [5.74, 6) is 0.945. The average molecular weight is 844 g/mol. The maximum atomic E-state index is 13.8. The summed E-state index contributed by atoms with van der Waals surface area (Å²) in [4.78, 5) is 55.7. The number of alkyl halides is 3. The van der Waals surface area contributed by atoms with E-state index in [1.165, 1.54) is 6.07 Å². The summed E-state index contributed by atoms with van der Waals surface area (Å²) in [5, 5.41) is 17.8. The van der Waals surface area contributed by atoms with E-state index >= 15 is 0 Å². The van der Waals surface area contributed by atoms with Gasteiger partial charge in [-0.15, -0.1) is 0 Å². The van der Waals surface area contributed by atoms with Crippen molar-refractivity contribution in [2.45, 2.75) is 90.0 Å². The van der Waals surface area contributed by atoms with Crippen LogP contribution in [0.4, 0.5) is 35.9 Å². The third-order valence-electron chi connectivity index (χ3n) is 12.3. The van der Waals surface area contributed by atoms with Crippen LogP contribution in [0.2, 0.25) is 0 Å². The number of benzene rings is 3. The van der Waals surface area contributed by atoms with E-state index in [9.17, 15) is 37.6 Å². The number of carbonyl (C=O) groups is 4. The highest BCUT2D eigenvalue weighted by Gasteiger charge is 2.51. The molecule has 4 aliphatic rings. The van der Waals surface area contributed by atoms with Gasteiger partial charge in [0.25, 0.3) is 5.91 Å². The number of thiocarbonyl (C=S) groups is 1. The van der Waals surface area contributed by atoms with E-state index in [1.807, 2.05) is 25.1 Å². The van der Waals surface area contributed by atoms with Gasteiger partial charge in [0.2, 0.25) is 17.7 Å². The minimum Gasteiger partial charge on any atom is -0.493 e. The van der Waals surface area contributed by atoms with Crippen LogP contribution in [0, 0.1) is 29.1 Å². The summed E-state index contributed by atoms with van der Waals surface area (Å²) in [7, 11) is 0. The quantitative estimate of drug-likeness (QED) is 0.128. The molecule has 3 aliphatic heterocycles. The normalized spacial score (nSPS) is 24.0. The Hall–Kier alpha value is -5.53. The number of hydrogen-bond donors (Lipinski definition) is 3. The lowest BCUT2D eigenvalue weighted by Crippen LogP contribution is -2.47. The fraction of sp³-hybridized carbons (Fsp3) is 0.455. The molecule has 0 spiro atoms. The number of aryl methyl sites for hydroxylation is 1. The molecule has 60 heavy (non-hydrogen) atoms. The van der Waals surface area contributed by atoms with Gasteiger partial charge in [-0.1, -0.05) is 13.0 Å². The van der Waals surface area contributed by atoms with Gasteiger partial charge >= 0.3 is 6.18 Å². The predicted molar refractivity (Wildman–Crippen MR) is 224 cm³/mol. The highest BCUT2D eigenvalue weighted by molar-refractivity contribution is 7.81. The van der Waals surface area contributed by atoms with Crippen LogP contribution in [-0.4, -0.2) is 71.0 Å². The number of piperidine rings is 1. The van der Waals surface area contributed by atoms with Crippen molar-refractivity contribution < 1.29 is 37.1 Å². The fourth-order valence-corrected chi connectivity index (χ4v) is 9.46. The van der Waals surface area contributed by atoms with Crippen LogP contribution in [0.25, 0.3) is 0 Å². The molecule has 3 aromatic rings. The zero-order valence-corrected chi connectivity index (χ0v) is 34.7. The number of nitrogens with one attached hydrogen (secondary N) is 3. The molecule has 1 aliphatic carbocycles. The van der Waals surface area contributed by atoms with E-state index in [2.05, 4.69) is 27.8 Å². The highest BCUT2D eigenvalue weighted by atomic mass is 32.1. The number of halogens is 3. The SMILES string of the molecule is CCc1cc(N2C(=S)N(c3ccc(C#N)c(C(F)(F)F)c3)C(=O)C2(C)C)ccc1OCC[C@H]1CCN(CC(=O)Nc2cccc(NC3CCC(=O)NC3=O)c2)[C@H](C)C2C[C@H]21. The molecule has 2 unspecified atom stereocenters. The van der Waals surface area contributed by atoms with Crippen molar-refractivity contribution >= 4 is 63.7 Å². The van der Waals surface area contributed by atoms with Gasteiger partial charge < -0.3 is 20.3 Å². The summed E-state index contributed by atoms with van der Waals surface area (Å²) in [6.45, 7) is 9.06. The Morgan fingerprint density at radius 3 is 2.50 bits per heavy atom. The van der Waals surface area contributed by atoms with Crippen LogP contribution in [0.5, 0.6) is 5.75 Å². The van der Waals surface area contributed by atoms with E-state index in [4.69, 9.17) is 17.0 Å². The van der Waals surface area contributed by atoms with E-state index in [1.54, 1.807) is 49.1 Å². The van der Waals surface area contributed by atoms with Gasteiger partial charge in [-0.25, -0.2) is 0 Å². The maximum Gasteiger partial charge on any atom is 0.417 e. The number of imide groups is 1. The van der Waals surface area contributed by atoms with Crippen LogP contribution < -0.4 is 30.5 Å². The number of nitrogens with zero attached hydrogens (tertiary/aromatic N) is 4. The third-order valence-corrected chi connectivity index (χ3v) is 12.7. The standard InChI is InChI=1S/C44H48F3N7O5S/c1-5-26-19-32(54-42(60)53(41(58)43(54,3)4)31-10-9-28(23-48)35(21-31)44(45,46)47)11-13-37(26)59-18-16-27-15-17-52(25(2)33-22-34(27)33)24-39(56)50-30-8-6-7-29(20-30)49-36-12-14-38(55)51-40(36)57/h6-11,13,19-21,25,27,33-34,36,49H,5,12,14-18,22,24H2,1-4H3,(H,50,56)(H,51,55,57)/t25-,27-,33?,34+,36?/m1/s1. The van der Waals surface area contributed by atoms with Gasteiger partial charge in [0, 0.05) is 29.5 Å². The molecule has 7 rings (SSSR count). The minimum atomic E-state index is -4.79. The number of amides is 4. The van der Waals surface area contributed by atoms with Gasteiger partial charge in [-0.2, -0.15) is 18.4 Å². The first-order valence-electron chi connectivity index (χ1n) is 20.3. The molecule has 12 nitrogen and oxygen atoms in total. The molecular formula is C44H48F3N7O5S. The van der Waals surface area contributed by atoms with Crippen LogP contribution in [0.15, 0.2) is 60.7 Å². The molecule has 3 N–H and O–H groups in total. The third kappa shape index (κ3) is 8.69. The summed E-state index contributed by atoms with van der Waals surface area (Å²) in [5.41, 5.74) is -0.171. The molecule has 3 heterocycles. The summed E-state index contributed by atoms with van der Waals surface area (Å²) >= 11 is 5.74. The van der Waals surface area contributed by atoms with Crippen molar-refractivity contribution in [2.75, 3.05) is 40.1 Å². The summed E-state index contributed by atoms with van der Waals surface area (Å²) in [6.07, 6.45) is -0.613. The maximum absolute atomic E-state index is 13.8. The second-order valence-electron chi connectivity index (χ2n) is 16.5. The van der Waals surface area contributed by atoms with Crippen molar-refractivity contribution in [3.8, 4) is 11.8 Å². The zero-order valence-electron chi connectivity index (χ0n) is 33.9. The van der Waals surface area contributed by atoms with Crippen molar-refractivity contribution in [2.24, 2.45) is 17.8 Å². The van der Waals surface area contributed by atoms with E-state index in [0.29, 0.717) is 60.0 Å². The fourth-order valence-electron chi connectivity index (χ4n) is 8.94. The van der Waals surface area contributed by atoms with Crippen LogP contribution >= 0.6 is 12.2 Å². The number of nitriles is 1. The number of ether oxygens (including phenoxy) is 1. The average Bonchev–Trinajstić information content (AvgIpc) is 3.98. The van der Waals surface area contributed by atoms with Crippen molar-refractivity contribution in [3.63, 3.8) is 0 Å². The smallest absolute Gasteiger partial charge is 0.417 e. The van der Waals surface area contributed by atoms with Crippen molar-refractivity contribution in [1.82, 2.24) is 10.2 Å². The number of hydrogen-bond acceptors (Lipinski definition) is 9. The molecule has 3 saturated heterocycles. The summed E-state index contributed by atoms with van der Waals surface area (Å²) < 4.78 is 47.8. The van der Waals surface area contributed by atoms with Crippen molar-refractivity contribution in [3.05, 3.63) is 77.4 Å². The van der Waals surface area contributed by atoms with Crippen molar-refractivity contribution in [1.29, 1.82) is 5.26 Å². The topological polar surface area (TPSA) is 147 Å². The highest BCUT2D eigenvalue weighted by Crippen LogP contribution is 2.52. The van der Waals surface area contributed by atoms with Crippen LogP contribution in [0.1, 0.15) is 76.5 Å². The molecule has 0 bridgehead atoms. The van der Waals surface area contributed by atoms with Crippen LogP contribution in [0.3, 0.4) is 0 Å². The van der Waals surface area contributed by atoms with Gasteiger partial charge in [-0.05, 0) is 150 Å². The number of fused-ring (bicyclic) bond motifs is 1. The number of anilines is 4. The van der Waals surface area contributed by atoms with E-state index in [0.717, 1.165) is 48.4 Å². The first kappa shape index (κ1) is 42.6. The van der Waals surface area contributed by atoms with Crippen LogP contribution in [-0.2, 0) is 31.8 Å². The Kier molecular flexibility index (Phi) is 12.0. The Morgan fingerprint density at radius 1 is 1.03 bits per heavy atom. The van der Waals surface area contributed by atoms with Gasteiger partial charge in [0.1, 0.15) is 17.3 Å². The molecule has 5 atom stereocenters. The second kappa shape index (κ2) is 16.8. The summed E-state index contributed by atoms with van der Waals surface area (Å²) in [6, 6.07) is 17.2. The number of likely N-dealkylation sites (tertiary alicyclic amines) is 1. The molecule has 16 heteroatoms. The van der Waals surface area contributed by atoms with Gasteiger partial charge in [-0.3, -0.25) is 34.3 Å². The number of rotatable bonds is 12. The van der Waals surface area contributed by atoms with E-state index < -0.39 is 34.8 Å². The number of carbonyl (C=O) groups excluding carboxylic acids is 4.